The van der Waals surface area contributed by atoms with Gasteiger partial charge in [-0.05, 0) is 43.4 Å². The molecular weight excluding hydrogens is 214 g/mol. The van der Waals surface area contributed by atoms with Crippen molar-refractivity contribution in [3.63, 3.8) is 0 Å². The van der Waals surface area contributed by atoms with Gasteiger partial charge in [0.05, 0.1) is 6.61 Å². The highest BCUT2D eigenvalue weighted by atomic mass is 16.5. The fourth-order valence-corrected chi connectivity index (χ4v) is 1.76. The van der Waals surface area contributed by atoms with E-state index >= 15 is 0 Å². The molecule has 2 rings (SSSR count). The van der Waals surface area contributed by atoms with Crippen LogP contribution >= 0.6 is 0 Å². The van der Waals surface area contributed by atoms with Gasteiger partial charge in [0.2, 0.25) is 0 Å². The smallest absolute Gasteiger partial charge is 0.115 e. The van der Waals surface area contributed by atoms with Crippen LogP contribution in [-0.2, 0) is 4.74 Å². The number of aromatic hydroxyl groups is 1. The second-order valence-electron chi connectivity index (χ2n) is 4.79. The molecule has 0 spiro atoms. The third-order valence-electron chi connectivity index (χ3n) is 3.14. The van der Waals surface area contributed by atoms with Gasteiger partial charge in [0, 0.05) is 19.2 Å². The first-order chi connectivity index (χ1) is 8.25. The molecule has 3 heteroatoms. The van der Waals surface area contributed by atoms with Gasteiger partial charge in [0.15, 0.2) is 0 Å². The minimum Gasteiger partial charge on any atom is -0.508 e. The van der Waals surface area contributed by atoms with Crippen LogP contribution in [0.2, 0.25) is 0 Å². The van der Waals surface area contributed by atoms with E-state index in [2.05, 4.69) is 12.2 Å². The van der Waals surface area contributed by atoms with Gasteiger partial charge in [0.25, 0.3) is 0 Å². The maximum atomic E-state index is 9.20. The van der Waals surface area contributed by atoms with Gasteiger partial charge in [-0.2, -0.15) is 0 Å². The van der Waals surface area contributed by atoms with Crippen molar-refractivity contribution < 1.29 is 9.84 Å². The van der Waals surface area contributed by atoms with Crippen LogP contribution in [0.4, 0.5) is 0 Å². The molecule has 1 aromatic rings. The van der Waals surface area contributed by atoms with E-state index in [4.69, 9.17) is 4.74 Å². The van der Waals surface area contributed by atoms with Crippen LogP contribution in [0.1, 0.15) is 31.4 Å². The SMILES string of the molecule is CC(NCCOCC1CC1)c1ccc(O)cc1. The van der Waals surface area contributed by atoms with E-state index in [0.29, 0.717) is 11.8 Å². The van der Waals surface area contributed by atoms with Crippen molar-refractivity contribution in [2.75, 3.05) is 19.8 Å². The second-order valence-corrected chi connectivity index (χ2v) is 4.79. The molecule has 0 heterocycles. The molecule has 1 atom stereocenters. The Morgan fingerprint density at radius 2 is 2.06 bits per heavy atom. The molecule has 0 aliphatic heterocycles. The number of phenolic OH excluding ortho intramolecular Hbond substituents is 1. The molecule has 1 unspecified atom stereocenters. The zero-order chi connectivity index (χ0) is 12.1. The molecule has 94 valence electrons. The van der Waals surface area contributed by atoms with Crippen molar-refractivity contribution in [2.24, 2.45) is 5.92 Å². The van der Waals surface area contributed by atoms with E-state index in [9.17, 15) is 5.11 Å². The molecule has 0 aromatic heterocycles. The van der Waals surface area contributed by atoms with Crippen molar-refractivity contribution in [1.29, 1.82) is 0 Å². The Morgan fingerprint density at radius 1 is 1.35 bits per heavy atom. The molecule has 0 saturated heterocycles. The van der Waals surface area contributed by atoms with Crippen LogP contribution < -0.4 is 5.32 Å². The van der Waals surface area contributed by atoms with Gasteiger partial charge in [-0.15, -0.1) is 0 Å². The summed E-state index contributed by atoms with van der Waals surface area (Å²) in [6.45, 7) is 4.69. The predicted octanol–water partition coefficient (Wildman–Crippen LogP) is 2.47. The van der Waals surface area contributed by atoms with E-state index < -0.39 is 0 Å². The van der Waals surface area contributed by atoms with E-state index in [0.717, 1.165) is 25.7 Å². The maximum Gasteiger partial charge on any atom is 0.115 e. The Hall–Kier alpha value is -1.06. The van der Waals surface area contributed by atoms with Crippen LogP contribution in [-0.4, -0.2) is 24.9 Å². The van der Waals surface area contributed by atoms with Crippen molar-refractivity contribution in [2.45, 2.75) is 25.8 Å². The minimum absolute atomic E-state index is 0.292. The lowest BCUT2D eigenvalue weighted by Crippen LogP contribution is -2.23. The summed E-state index contributed by atoms with van der Waals surface area (Å²) in [5.41, 5.74) is 1.19. The zero-order valence-electron chi connectivity index (χ0n) is 10.4. The maximum absolute atomic E-state index is 9.20. The molecule has 2 N–H and O–H groups in total. The van der Waals surface area contributed by atoms with Gasteiger partial charge in [-0.1, -0.05) is 12.1 Å². The molecule has 3 nitrogen and oxygen atoms in total. The molecule has 17 heavy (non-hydrogen) atoms. The fraction of sp³-hybridized carbons (Fsp3) is 0.571. The highest BCUT2D eigenvalue weighted by Crippen LogP contribution is 2.28. The van der Waals surface area contributed by atoms with Crippen molar-refractivity contribution in [3.05, 3.63) is 29.8 Å². The Morgan fingerprint density at radius 3 is 2.71 bits per heavy atom. The lowest BCUT2D eigenvalue weighted by atomic mass is 10.1. The average molecular weight is 235 g/mol. The van der Waals surface area contributed by atoms with Crippen LogP contribution in [0.5, 0.6) is 5.75 Å². The van der Waals surface area contributed by atoms with Crippen LogP contribution in [0, 0.1) is 5.92 Å². The summed E-state index contributed by atoms with van der Waals surface area (Å²) >= 11 is 0. The topological polar surface area (TPSA) is 41.5 Å². The first-order valence-electron chi connectivity index (χ1n) is 6.36. The summed E-state index contributed by atoms with van der Waals surface area (Å²) in [7, 11) is 0. The Balaban J connectivity index is 1.62. The second kappa shape index (κ2) is 6.03. The molecule has 0 amide bonds. The van der Waals surface area contributed by atoms with E-state index in [-0.39, 0.29) is 0 Å². The van der Waals surface area contributed by atoms with E-state index in [1.165, 1.54) is 18.4 Å². The van der Waals surface area contributed by atoms with Crippen molar-refractivity contribution in [1.82, 2.24) is 5.32 Å². The number of benzene rings is 1. The largest absolute Gasteiger partial charge is 0.508 e. The number of phenols is 1. The Bertz CT molecular complexity index is 333. The first kappa shape index (κ1) is 12.4. The highest BCUT2D eigenvalue weighted by Gasteiger charge is 2.20. The fourth-order valence-electron chi connectivity index (χ4n) is 1.76. The molecule has 1 aliphatic carbocycles. The number of nitrogens with one attached hydrogen (secondary N) is 1. The zero-order valence-corrected chi connectivity index (χ0v) is 10.4. The summed E-state index contributed by atoms with van der Waals surface area (Å²) < 4.78 is 5.56. The highest BCUT2D eigenvalue weighted by molar-refractivity contribution is 5.27. The van der Waals surface area contributed by atoms with Gasteiger partial charge in [-0.25, -0.2) is 0 Å². The predicted molar refractivity (Wildman–Crippen MR) is 68.1 cm³/mol. The Kier molecular flexibility index (Phi) is 4.40. The number of rotatable bonds is 7. The third-order valence-corrected chi connectivity index (χ3v) is 3.14. The van der Waals surface area contributed by atoms with E-state index in [1.807, 2.05) is 12.1 Å². The lowest BCUT2D eigenvalue weighted by molar-refractivity contribution is 0.124. The van der Waals surface area contributed by atoms with E-state index in [1.54, 1.807) is 12.1 Å². The van der Waals surface area contributed by atoms with Crippen molar-refractivity contribution in [3.8, 4) is 5.75 Å². The molecule has 1 saturated carbocycles. The molecule has 0 radical (unpaired) electrons. The summed E-state index contributed by atoms with van der Waals surface area (Å²) in [5.74, 6) is 1.15. The third kappa shape index (κ3) is 4.36. The summed E-state index contributed by atoms with van der Waals surface area (Å²) in [4.78, 5) is 0. The molecular formula is C14H21NO2. The van der Waals surface area contributed by atoms with Crippen LogP contribution in [0.3, 0.4) is 0 Å². The quantitative estimate of drug-likeness (QED) is 0.713. The normalized spacial score (nSPS) is 17.0. The molecule has 1 fully saturated rings. The lowest BCUT2D eigenvalue weighted by Gasteiger charge is -2.14. The van der Waals surface area contributed by atoms with Crippen molar-refractivity contribution >= 4 is 0 Å². The summed E-state index contributed by atoms with van der Waals surface area (Å²) in [6, 6.07) is 7.62. The van der Waals surface area contributed by atoms with Gasteiger partial charge >= 0.3 is 0 Å². The Labute approximate surface area is 103 Å². The van der Waals surface area contributed by atoms with Gasteiger partial charge < -0.3 is 15.2 Å². The monoisotopic (exact) mass is 235 g/mol. The standard InChI is InChI=1S/C14H21NO2/c1-11(13-4-6-14(16)7-5-13)15-8-9-17-10-12-2-3-12/h4-7,11-12,15-16H,2-3,8-10H2,1H3. The van der Waals surface area contributed by atoms with Crippen LogP contribution in [0.15, 0.2) is 24.3 Å². The molecule has 1 aliphatic rings. The van der Waals surface area contributed by atoms with Crippen LogP contribution in [0.25, 0.3) is 0 Å². The minimum atomic E-state index is 0.292. The summed E-state index contributed by atoms with van der Waals surface area (Å²) in [5, 5.41) is 12.6. The number of ether oxygens (including phenoxy) is 1. The average Bonchev–Trinajstić information content (AvgIpc) is 3.13. The first-order valence-corrected chi connectivity index (χ1v) is 6.36. The van der Waals surface area contributed by atoms with Gasteiger partial charge in [-0.3, -0.25) is 0 Å². The summed E-state index contributed by atoms with van der Waals surface area (Å²) in [6.07, 6.45) is 2.69. The number of hydrogen-bond acceptors (Lipinski definition) is 3. The van der Waals surface area contributed by atoms with Gasteiger partial charge in [0.1, 0.15) is 5.75 Å². The number of hydrogen-bond donors (Lipinski definition) is 2. The molecule has 0 bridgehead atoms. The molecule has 1 aromatic carbocycles.